The van der Waals surface area contributed by atoms with E-state index in [0.717, 1.165) is 44.3 Å². The van der Waals surface area contributed by atoms with Crippen LogP contribution < -0.4 is 11.1 Å². The van der Waals surface area contributed by atoms with E-state index in [9.17, 15) is 4.79 Å². The fourth-order valence-electron chi connectivity index (χ4n) is 4.37. The number of carbonyl (C=O) groups is 1. The Balaban J connectivity index is 1.58. The Morgan fingerprint density at radius 2 is 2.12 bits per heavy atom. The van der Waals surface area contributed by atoms with Crippen molar-refractivity contribution in [2.45, 2.75) is 12.6 Å². The van der Waals surface area contributed by atoms with Crippen molar-refractivity contribution in [2.24, 2.45) is 0 Å². The average molecular weight is 440 g/mol. The fraction of sp³-hybridized carbons (Fsp3) is 0.200. The molecule has 1 aliphatic heterocycles. The summed E-state index contributed by atoms with van der Waals surface area (Å²) >= 11 is 0. The fourth-order valence-corrected chi connectivity index (χ4v) is 4.37. The minimum Gasteiger partial charge on any atom is -0.383 e. The third-order valence-electron chi connectivity index (χ3n) is 5.89. The molecule has 0 bridgehead atoms. The largest absolute Gasteiger partial charge is 0.383 e. The lowest BCUT2D eigenvalue weighted by Gasteiger charge is -2.14. The number of anilines is 1. The van der Waals surface area contributed by atoms with Crippen molar-refractivity contribution in [1.82, 2.24) is 29.7 Å². The van der Waals surface area contributed by atoms with Gasteiger partial charge < -0.3 is 20.5 Å². The van der Waals surface area contributed by atoms with Gasteiger partial charge in [-0.1, -0.05) is 30.9 Å². The van der Waals surface area contributed by atoms with Crippen molar-refractivity contribution in [2.75, 3.05) is 26.4 Å². The minimum atomic E-state index is -0.246. The highest BCUT2D eigenvalue weighted by Gasteiger charge is 2.34. The van der Waals surface area contributed by atoms with Crippen LogP contribution in [0.1, 0.15) is 5.69 Å². The molecule has 3 aromatic heterocycles. The lowest BCUT2D eigenvalue weighted by molar-refractivity contribution is -0.116. The molecule has 4 heterocycles. The zero-order valence-corrected chi connectivity index (χ0v) is 18.6. The summed E-state index contributed by atoms with van der Waals surface area (Å²) in [6, 6.07) is 9.81. The number of pyridine rings is 1. The predicted octanol–water partition coefficient (Wildman–Crippen LogP) is 2.86. The number of hydrogen-bond acceptors (Lipinski definition) is 6. The molecular weight excluding hydrogens is 414 g/mol. The molecular formula is C25H25N7O. The number of amides is 1. The normalized spacial score (nSPS) is 15.7. The number of nitrogens with zero attached hydrogens (tertiary/aromatic N) is 5. The number of aromatic nitrogens is 4. The quantitative estimate of drug-likeness (QED) is 0.464. The highest BCUT2D eigenvalue weighted by Crippen LogP contribution is 2.44. The first kappa shape index (κ1) is 20.8. The average Bonchev–Trinajstić information content (AvgIpc) is 3.28. The van der Waals surface area contributed by atoms with Gasteiger partial charge in [-0.2, -0.15) is 0 Å². The second-order valence-electron chi connectivity index (χ2n) is 8.46. The Morgan fingerprint density at radius 3 is 2.94 bits per heavy atom. The lowest BCUT2D eigenvalue weighted by atomic mass is 9.98. The Bertz CT molecular complexity index is 1430. The van der Waals surface area contributed by atoms with E-state index in [2.05, 4.69) is 37.5 Å². The summed E-state index contributed by atoms with van der Waals surface area (Å²) in [4.78, 5) is 27.9. The van der Waals surface area contributed by atoms with Crippen LogP contribution in [0.15, 0.2) is 61.6 Å². The molecule has 1 aliphatic rings. The SMILES string of the molecule is C=C1c2c(-c3cnc4ccccc4c3)c3c(N)ncnc3n2C[C@H]1NC(=O)C=CCN(C)C. The van der Waals surface area contributed by atoms with Crippen LogP contribution >= 0.6 is 0 Å². The van der Waals surface area contributed by atoms with Gasteiger partial charge in [0.1, 0.15) is 17.8 Å². The Labute approximate surface area is 191 Å². The van der Waals surface area contributed by atoms with E-state index in [1.807, 2.05) is 55.5 Å². The highest BCUT2D eigenvalue weighted by atomic mass is 16.1. The van der Waals surface area contributed by atoms with Gasteiger partial charge in [-0.25, -0.2) is 9.97 Å². The molecule has 8 heteroatoms. The molecule has 0 spiro atoms. The van der Waals surface area contributed by atoms with Crippen LogP contribution in [0.4, 0.5) is 5.82 Å². The predicted molar refractivity (Wildman–Crippen MR) is 131 cm³/mol. The molecule has 8 nitrogen and oxygen atoms in total. The maximum atomic E-state index is 12.5. The van der Waals surface area contributed by atoms with Crippen LogP contribution in [0.25, 0.3) is 38.6 Å². The van der Waals surface area contributed by atoms with E-state index < -0.39 is 0 Å². The molecule has 3 N–H and O–H groups in total. The van der Waals surface area contributed by atoms with Gasteiger partial charge in [-0.3, -0.25) is 9.78 Å². The summed E-state index contributed by atoms with van der Waals surface area (Å²) in [5.41, 5.74) is 11.5. The zero-order chi connectivity index (χ0) is 23.1. The number of benzene rings is 1. The summed E-state index contributed by atoms with van der Waals surface area (Å²) in [7, 11) is 3.91. The van der Waals surface area contributed by atoms with Gasteiger partial charge in [0.15, 0.2) is 0 Å². The first-order valence-corrected chi connectivity index (χ1v) is 10.7. The van der Waals surface area contributed by atoms with E-state index in [1.165, 1.54) is 6.33 Å². The van der Waals surface area contributed by atoms with Crippen molar-refractivity contribution < 1.29 is 4.79 Å². The molecule has 0 radical (unpaired) electrons. The van der Waals surface area contributed by atoms with Gasteiger partial charge in [0, 0.05) is 41.9 Å². The summed E-state index contributed by atoms with van der Waals surface area (Å²) in [6.07, 6.45) is 6.70. The Morgan fingerprint density at radius 1 is 1.30 bits per heavy atom. The van der Waals surface area contributed by atoms with Crippen molar-refractivity contribution in [3.63, 3.8) is 0 Å². The second kappa shape index (κ2) is 8.14. The molecule has 0 fully saturated rings. The summed E-state index contributed by atoms with van der Waals surface area (Å²) < 4.78 is 2.06. The molecule has 0 saturated heterocycles. The second-order valence-corrected chi connectivity index (χ2v) is 8.46. The van der Waals surface area contributed by atoms with Crippen molar-refractivity contribution in [1.29, 1.82) is 0 Å². The third kappa shape index (κ3) is 3.64. The van der Waals surface area contributed by atoms with Gasteiger partial charge in [0.25, 0.3) is 0 Å². The smallest absolute Gasteiger partial charge is 0.244 e. The van der Waals surface area contributed by atoms with Crippen LogP contribution in [0.2, 0.25) is 0 Å². The first-order chi connectivity index (χ1) is 15.9. The number of para-hydroxylation sites is 1. The number of fused-ring (bicyclic) bond motifs is 4. The molecule has 1 amide bonds. The lowest BCUT2D eigenvalue weighted by Crippen LogP contribution is -2.34. The monoisotopic (exact) mass is 439 g/mol. The van der Waals surface area contributed by atoms with Crippen LogP contribution in [0.5, 0.6) is 0 Å². The summed E-state index contributed by atoms with van der Waals surface area (Å²) in [5.74, 6) is 0.256. The number of nitrogens with two attached hydrogens (primary N) is 1. The molecule has 33 heavy (non-hydrogen) atoms. The number of hydrogen-bond donors (Lipinski definition) is 2. The number of nitrogens with one attached hydrogen (secondary N) is 1. The van der Waals surface area contributed by atoms with Crippen LogP contribution in [-0.4, -0.2) is 57.0 Å². The van der Waals surface area contributed by atoms with Gasteiger partial charge in [0.2, 0.25) is 5.91 Å². The van der Waals surface area contributed by atoms with E-state index in [1.54, 1.807) is 6.08 Å². The Kier molecular flexibility index (Phi) is 5.14. The van der Waals surface area contributed by atoms with E-state index in [-0.39, 0.29) is 11.9 Å². The first-order valence-electron chi connectivity index (χ1n) is 10.7. The standard InChI is InChI=1S/C25H25N7O/c1-15-19(30-20(33)9-6-10-31(2)3)13-32-23(15)21(22-24(26)28-14-29-25(22)32)17-11-16-7-4-5-8-18(16)27-12-17/h4-9,11-12,14,19H,1,10,13H2,2-3H3,(H,30,33)(H2,26,28,29)/t19-/m1/s1. The minimum absolute atomic E-state index is 0.152. The molecule has 4 aromatic rings. The highest BCUT2D eigenvalue weighted by molar-refractivity contribution is 6.08. The molecule has 1 atom stereocenters. The molecule has 0 unspecified atom stereocenters. The van der Waals surface area contributed by atoms with Crippen molar-refractivity contribution >= 4 is 39.2 Å². The van der Waals surface area contributed by atoms with Crippen LogP contribution in [-0.2, 0) is 11.3 Å². The Hall–Kier alpha value is -4.04. The van der Waals surface area contributed by atoms with Gasteiger partial charge in [0.05, 0.1) is 22.6 Å². The van der Waals surface area contributed by atoms with Crippen LogP contribution in [0, 0.1) is 0 Å². The zero-order valence-electron chi connectivity index (χ0n) is 18.6. The maximum absolute atomic E-state index is 12.5. The van der Waals surface area contributed by atoms with Crippen molar-refractivity contribution in [3.05, 3.63) is 67.3 Å². The van der Waals surface area contributed by atoms with Gasteiger partial charge >= 0.3 is 0 Å². The number of carbonyl (C=O) groups excluding carboxylic acids is 1. The van der Waals surface area contributed by atoms with E-state index in [4.69, 9.17) is 5.73 Å². The summed E-state index contributed by atoms with van der Waals surface area (Å²) in [6.45, 7) is 5.55. The maximum Gasteiger partial charge on any atom is 0.244 e. The van der Waals surface area contributed by atoms with E-state index in [0.29, 0.717) is 18.9 Å². The summed E-state index contributed by atoms with van der Waals surface area (Å²) in [5, 5.41) is 4.87. The molecule has 1 aromatic carbocycles. The number of rotatable bonds is 5. The van der Waals surface area contributed by atoms with E-state index >= 15 is 0 Å². The van der Waals surface area contributed by atoms with Crippen LogP contribution in [0.3, 0.4) is 0 Å². The molecule has 5 rings (SSSR count). The number of nitrogen functional groups attached to an aromatic ring is 1. The third-order valence-corrected chi connectivity index (χ3v) is 5.89. The molecule has 0 aliphatic carbocycles. The van der Waals surface area contributed by atoms with Gasteiger partial charge in [-0.15, -0.1) is 0 Å². The topological polar surface area (TPSA) is 102 Å². The van der Waals surface area contributed by atoms with Gasteiger partial charge in [-0.05, 0) is 31.8 Å². The van der Waals surface area contributed by atoms with Crippen molar-refractivity contribution in [3.8, 4) is 11.1 Å². The number of likely N-dealkylation sites (N-methyl/N-ethyl adjacent to an activating group) is 1. The molecule has 166 valence electrons. The molecule has 0 saturated carbocycles.